The molecule has 6 heteroatoms. The molecule has 0 aliphatic rings. The molecule has 0 bridgehead atoms. The first-order chi connectivity index (χ1) is 13.0. The van der Waals surface area contributed by atoms with Gasteiger partial charge in [-0.05, 0) is 25.5 Å². The fraction of sp³-hybridized carbons (Fsp3) is 0.619. The van der Waals surface area contributed by atoms with E-state index in [1.165, 1.54) is 37.7 Å². The van der Waals surface area contributed by atoms with E-state index in [4.69, 9.17) is 14.2 Å². The largest absolute Gasteiger partial charge is 0.497 e. The van der Waals surface area contributed by atoms with Crippen molar-refractivity contribution in [3.8, 4) is 5.75 Å². The van der Waals surface area contributed by atoms with Gasteiger partial charge in [0.25, 0.3) is 5.91 Å². The minimum atomic E-state index is -0.470. The second-order valence-electron chi connectivity index (χ2n) is 6.38. The lowest BCUT2D eigenvalue weighted by Gasteiger charge is -2.21. The normalized spacial score (nSPS) is 10.5. The number of methoxy groups -OCH3 is 1. The Bertz CT molecular complexity index is 588. The molecule has 1 amide bonds. The molecule has 0 aliphatic heterocycles. The molecule has 1 rings (SSSR count). The van der Waals surface area contributed by atoms with Crippen LogP contribution in [0.3, 0.4) is 0 Å². The van der Waals surface area contributed by atoms with Crippen molar-refractivity contribution in [2.75, 3.05) is 38.9 Å². The Morgan fingerprint density at radius 1 is 1.04 bits per heavy atom. The van der Waals surface area contributed by atoms with Crippen molar-refractivity contribution < 1.29 is 23.8 Å². The van der Waals surface area contributed by atoms with E-state index in [1.807, 2.05) is 0 Å². The van der Waals surface area contributed by atoms with Crippen molar-refractivity contribution in [2.45, 2.75) is 52.4 Å². The van der Waals surface area contributed by atoms with E-state index < -0.39 is 5.97 Å². The van der Waals surface area contributed by atoms with Crippen LogP contribution in [0.15, 0.2) is 18.2 Å². The second-order valence-corrected chi connectivity index (χ2v) is 6.38. The van der Waals surface area contributed by atoms with Crippen LogP contribution in [0.25, 0.3) is 0 Å². The van der Waals surface area contributed by atoms with Crippen LogP contribution < -0.4 is 9.64 Å². The summed E-state index contributed by atoms with van der Waals surface area (Å²) in [6, 6.07) is 4.92. The van der Waals surface area contributed by atoms with Crippen molar-refractivity contribution >= 4 is 17.6 Å². The number of ether oxygens (including phenoxy) is 3. The second kappa shape index (κ2) is 13.1. The third-order valence-electron chi connectivity index (χ3n) is 4.30. The van der Waals surface area contributed by atoms with Crippen LogP contribution in [0.4, 0.5) is 5.69 Å². The van der Waals surface area contributed by atoms with Crippen molar-refractivity contribution in [3.05, 3.63) is 23.8 Å². The Kier molecular flexibility index (Phi) is 11.2. The first-order valence-electron chi connectivity index (χ1n) is 9.74. The molecule has 0 fully saturated rings. The molecular weight excluding hydrogens is 346 g/mol. The van der Waals surface area contributed by atoms with E-state index in [2.05, 4.69) is 6.92 Å². The quantitative estimate of drug-likeness (QED) is 0.379. The minimum absolute atomic E-state index is 0.0229. The Morgan fingerprint density at radius 2 is 1.74 bits per heavy atom. The lowest BCUT2D eigenvalue weighted by Crippen LogP contribution is -2.31. The molecule has 0 unspecified atom stereocenters. The van der Waals surface area contributed by atoms with Crippen LogP contribution in [0.5, 0.6) is 5.75 Å². The number of hydrogen-bond acceptors (Lipinski definition) is 5. The van der Waals surface area contributed by atoms with E-state index in [-0.39, 0.29) is 19.1 Å². The van der Waals surface area contributed by atoms with Gasteiger partial charge >= 0.3 is 5.97 Å². The summed E-state index contributed by atoms with van der Waals surface area (Å²) in [7, 11) is 3.16. The molecule has 0 radical (unpaired) electrons. The van der Waals surface area contributed by atoms with Crippen LogP contribution in [0.1, 0.15) is 62.7 Å². The summed E-state index contributed by atoms with van der Waals surface area (Å²) in [6.45, 7) is 4.75. The molecule has 0 aromatic heterocycles. The number of esters is 1. The van der Waals surface area contributed by atoms with Gasteiger partial charge in [0, 0.05) is 19.7 Å². The first-order valence-corrected chi connectivity index (χ1v) is 9.74. The average molecular weight is 379 g/mol. The third-order valence-corrected chi connectivity index (χ3v) is 4.30. The average Bonchev–Trinajstić information content (AvgIpc) is 2.68. The number of carbonyl (C=O) groups is 2. The van der Waals surface area contributed by atoms with Crippen LogP contribution in [-0.2, 0) is 14.3 Å². The standard InChI is InChI=1S/C21H33NO5/c1-5-7-8-9-10-11-14-26-16-20(23)22(3)19-15-17(25-4)12-13-18(19)21(24)27-6-2/h12-13,15H,5-11,14,16H2,1-4H3. The van der Waals surface area contributed by atoms with Crippen molar-refractivity contribution in [1.82, 2.24) is 0 Å². The molecule has 152 valence electrons. The van der Waals surface area contributed by atoms with Crippen LogP contribution >= 0.6 is 0 Å². The molecule has 0 saturated heterocycles. The summed E-state index contributed by atoms with van der Waals surface area (Å²) < 4.78 is 15.8. The van der Waals surface area contributed by atoms with E-state index in [0.29, 0.717) is 23.6 Å². The highest BCUT2D eigenvalue weighted by Crippen LogP contribution is 2.26. The molecule has 1 aromatic carbocycles. The topological polar surface area (TPSA) is 65.1 Å². The molecule has 0 saturated carbocycles. The molecule has 27 heavy (non-hydrogen) atoms. The van der Waals surface area contributed by atoms with Crippen LogP contribution in [0, 0.1) is 0 Å². The van der Waals surface area contributed by atoms with Gasteiger partial charge < -0.3 is 19.1 Å². The fourth-order valence-electron chi connectivity index (χ4n) is 2.67. The third kappa shape index (κ3) is 7.99. The number of rotatable bonds is 13. The highest BCUT2D eigenvalue weighted by molar-refractivity contribution is 6.03. The number of likely N-dealkylation sites (N-methyl/N-ethyl adjacent to an activating group) is 1. The predicted molar refractivity (Wildman–Crippen MR) is 107 cm³/mol. The lowest BCUT2D eigenvalue weighted by atomic mass is 10.1. The Hall–Kier alpha value is -2.08. The zero-order valence-corrected chi connectivity index (χ0v) is 17.1. The summed E-state index contributed by atoms with van der Waals surface area (Å²) in [5.74, 6) is -0.131. The number of benzene rings is 1. The van der Waals surface area contributed by atoms with Gasteiger partial charge in [-0.2, -0.15) is 0 Å². The first kappa shape index (κ1) is 23.0. The minimum Gasteiger partial charge on any atom is -0.497 e. The maximum absolute atomic E-state index is 12.5. The number of hydrogen-bond donors (Lipinski definition) is 0. The molecule has 0 aliphatic carbocycles. The van der Waals surface area contributed by atoms with Crippen LogP contribution in [-0.4, -0.2) is 45.9 Å². The predicted octanol–water partition coefficient (Wildman–Crippen LogP) is 4.21. The van der Waals surface area contributed by atoms with Gasteiger partial charge in [-0.1, -0.05) is 39.0 Å². The summed E-state index contributed by atoms with van der Waals surface area (Å²) in [6.07, 6.45) is 7.03. The van der Waals surface area contributed by atoms with Crippen molar-refractivity contribution in [1.29, 1.82) is 0 Å². The monoisotopic (exact) mass is 379 g/mol. The highest BCUT2D eigenvalue weighted by Gasteiger charge is 2.20. The number of amides is 1. The zero-order chi connectivity index (χ0) is 20.1. The van der Waals surface area contributed by atoms with Gasteiger partial charge in [0.15, 0.2) is 0 Å². The summed E-state index contributed by atoms with van der Waals surface area (Å²) in [5.41, 5.74) is 0.769. The fourth-order valence-corrected chi connectivity index (χ4v) is 2.67. The zero-order valence-electron chi connectivity index (χ0n) is 17.1. The number of carbonyl (C=O) groups excluding carboxylic acids is 2. The SMILES string of the molecule is CCCCCCCCOCC(=O)N(C)c1cc(OC)ccc1C(=O)OCC. The van der Waals surface area contributed by atoms with Gasteiger partial charge in [0.2, 0.25) is 0 Å². The molecule has 0 N–H and O–H groups in total. The summed E-state index contributed by atoms with van der Waals surface area (Å²) >= 11 is 0. The molecule has 1 aromatic rings. The smallest absolute Gasteiger partial charge is 0.340 e. The number of nitrogens with zero attached hydrogens (tertiary/aromatic N) is 1. The van der Waals surface area contributed by atoms with E-state index in [0.717, 1.165) is 12.8 Å². The molecule has 0 atom stereocenters. The Labute approximate surface area is 162 Å². The molecule has 0 heterocycles. The lowest BCUT2D eigenvalue weighted by molar-refractivity contribution is -0.122. The van der Waals surface area contributed by atoms with Gasteiger partial charge in [-0.15, -0.1) is 0 Å². The van der Waals surface area contributed by atoms with Gasteiger partial charge in [0.05, 0.1) is 25.0 Å². The highest BCUT2D eigenvalue weighted by atomic mass is 16.5. The van der Waals surface area contributed by atoms with Crippen LogP contribution in [0.2, 0.25) is 0 Å². The summed E-state index contributed by atoms with van der Waals surface area (Å²) in [5, 5.41) is 0. The van der Waals surface area contributed by atoms with Gasteiger partial charge in [-0.3, -0.25) is 4.79 Å². The summed E-state index contributed by atoms with van der Waals surface area (Å²) in [4.78, 5) is 26.0. The van der Waals surface area contributed by atoms with Crippen molar-refractivity contribution in [2.24, 2.45) is 0 Å². The maximum atomic E-state index is 12.5. The maximum Gasteiger partial charge on any atom is 0.340 e. The number of anilines is 1. The Balaban J connectivity index is 2.59. The van der Waals surface area contributed by atoms with Gasteiger partial charge in [-0.25, -0.2) is 4.79 Å². The van der Waals surface area contributed by atoms with E-state index in [1.54, 1.807) is 32.2 Å². The van der Waals surface area contributed by atoms with E-state index in [9.17, 15) is 9.59 Å². The Morgan fingerprint density at radius 3 is 2.41 bits per heavy atom. The van der Waals surface area contributed by atoms with Crippen molar-refractivity contribution in [3.63, 3.8) is 0 Å². The molecule has 6 nitrogen and oxygen atoms in total. The number of unbranched alkanes of at least 4 members (excludes halogenated alkanes) is 5. The molecule has 0 spiro atoms. The molecular formula is C21H33NO5. The van der Waals surface area contributed by atoms with Gasteiger partial charge in [0.1, 0.15) is 12.4 Å². The van der Waals surface area contributed by atoms with E-state index >= 15 is 0 Å².